The fourth-order valence-corrected chi connectivity index (χ4v) is 3.78. The SMILES string of the molecule is CCS(=O)(=O)N(C)CCCN=C(N)Nc1cccc2c1CCCC2.I. The molecule has 0 aromatic heterocycles. The van der Waals surface area contributed by atoms with Crippen LogP contribution in [0.4, 0.5) is 5.69 Å². The van der Waals surface area contributed by atoms with E-state index in [1.165, 1.54) is 28.3 Å². The lowest BCUT2D eigenvalue weighted by Crippen LogP contribution is -2.30. The molecular formula is C17H29IN4O2S. The van der Waals surface area contributed by atoms with Crippen LogP contribution in [-0.4, -0.2) is 44.6 Å². The Labute approximate surface area is 168 Å². The number of sulfonamides is 1. The van der Waals surface area contributed by atoms with E-state index in [9.17, 15) is 8.42 Å². The minimum absolute atomic E-state index is 0. The Hall–Kier alpha value is -0.870. The van der Waals surface area contributed by atoms with Crippen LogP contribution in [0.5, 0.6) is 0 Å². The number of halogens is 1. The first-order chi connectivity index (χ1) is 11.4. The van der Waals surface area contributed by atoms with E-state index < -0.39 is 10.0 Å². The van der Waals surface area contributed by atoms with Crippen LogP contribution in [0, 0.1) is 0 Å². The predicted molar refractivity (Wildman–Crippen MR) is 115 cm³/mol. The maximum Gasteiger partial charge on any atom is 0.213 e. The molecule has 142 valence electrons. The molecule has 6 nitrogen and oxygen atoms in total. The fraction of sp³-hybridized carbons (Fsp3) is 0.588. The van der Waals surface area contributed by atoms with Gasteiger partial charge in [0.1, 0.15) is 0 Å². The van der Waals surface area contributed by atoms with Gasteiger partial charge in [-0.2, -0.15) is 0 Å². The number of nitrogens with two attached hydrogens (primary N) is 1. The molecule has 8 heteroatoms. The first kappa shape index (κ1) is 22.2. The summed E-state index contributed by atoms with van der Waals surface area (Å²) >= 11 is 0. The quantitative estimate of drug-likeness (QED) is 0.272. The van der Waals surface area contributed by atoms with Crippen LogP contribution in [0.15, 0.2) is 23.2 Å². The van der Waals surface area contributed by atoms with E-state index in [1.54, 1.807) is 14.0 Å². The third kappa shape index (κ3) is 6.41. The van der Waals surface area contributed by atoms with Crippen molar-refractivity contribution in [2.45, 2.75) is 39.0 Å². The second kappa shape index (κ2) is 10.3. The maximum absolute atomic E-state index is 11.7. The second-order valence-corrected chi connectivity index (χ2v) is 8.48. The number of fused-ring (bicyclic) bond motifs is 1. The van der Waals surface area contributed by atoms with Crippen molar-refractivity contribution in [2.24, 2.45) is 10.7 Å². The number of hydrogen-bond donors (Lipinski definition) is 2. The van der Waals surface area contributed by atoms with Gasteiger partial charge < -0.3 is 11.1 Å². The van der Waals surface area contributed by atoms with Crippen molar-refractivity contribution in [3.8, 4) is 0 Å². The lowest BCUT2D eigenvalue weighted by molar-refractivity contribution is 0.465. The van der Waals surface area contributed by atoms with Gasteiger partial charge in [-0.3, -0.25) is 4.99 Å². The molecule has 0 heterocycles. The van der Waals surface area contributed by atoms with E-state index in [4.69, 9.17) is 5.73 Å². The highest BCUT2D eigenvalue weighted by Crippen LogP contribution is 2.27. The molecule has 1 aliphatic carbocycles. The van der Waals surface area contributed by atoms with E-state index in [0.29, 0.717) is 25.5 Å². The molecule has 0 unspecified atom stereocenters. The number of guanidine groups is 1. The number of rotatable bonds is 7. The zero-order valence-electron chi connectivity index (χ0n) is 15.0. The van der Waals surface area contributed by atoms with Gasteiger partial charge >= 0.3 is 0 Å². The molecule has 0 radical (unpaired) electrons. The lowest BCUT2D eigenvalue weighted by atomic mass is 9.90. The monoisotopic (exact) mass is 480 g/mol. The number of aryl methyl sites for hydroxylation is 1. The molecule has 2 rings (SSSR count). The molecule has 0 atom stereocenters. The highest BCUT2D eigenvalue weighted by Gasteiger charge is 2.14. The fourth-order valence-electron chi connectivity index (χ4n) is 2.93. The Morgan fingerprint density at radius 2 is 2.04 bits per heavy atom. The minimum Gasteiger partial charge on any atom is -0.370 e. The molecule has 0 bridgehead atoms. The van der Waals surface area contributed by atoms with E-state index in [1.807, 2.05) is 12.1 Å². The molecule has 25 heavy (non-hydrogen) atoms. The molecule has 1 aromatic rings. The van der Waals surface area contributed by atoms with Crippen LogP contribution in [0.3, 0.4) is 0 Å². The Kier molecular flexibility index (Phi) is 9.15. The normalized spacial score (nSPS) is 14.8. The van der Waals surface area contributed by atoms with E-state index >= 15 is 0 Å². The number of nitrogens with zero attached hydrogens (tertiary/aromatic N) is 2. The van der Waals surface area contributed by atoms with Crippen molar-refractivity contribution in [1.82, 2.24) is 4.31 Å². The number of benzene rings is 1. The van der Waals surface area contributed by atoms with Gasteiger partial charge in [0.2, 0.25) is 10.0 Å². The first-order valence-corrected chi connectivity index (χ1v) is 10.2. The number of aliphatic imine (C=N–C) groups is 1. The van der Waals surface area contributed by atoms with Gasteiger partial charge in [-0.25, -0.2) is 12.7 Å². The number of nitrogens with one attached hydrogen (secondary N) is 1. The van der Waals surface area contributed by atoms with Crippen LogP contribution in [0.2, 0.25) is 0 Å². The summed E-state index contributed by atoms with van der Waals surface area (Å²) in [5, 5.41) is 3.20. The maximum atomic E-state index is 11.7. The van der Waals surface area contributed by atoms with Crippen molar-refractivity contribution < 1.29 is 8.42 Å². The van der Waals surface area contributed by atoms with Crippen molar-refractivity contribution in [3.63, 3.8) is 0 Å². The molecule has 0 fully saturated rings. The summed E-state index contributed by atoms with van der Waals surface area (Å²) in [6.45, 7) is 2.59. The molecular weight excluding hydrogens is 451 g/mol. The molecule has 0 saturated carbocycles. The second-order valence-electron chi connectivity index (χ2n) is 6.12. The first-order valence-electron chi connectivity index (χ1n) is 8.55. The number of hydrogen-bond acceptors (Lipinski definition) is 3. The largest absolute Gasteiger partial charge is 0.370 e. The van der Waals surface area contributed by atoms with Crippen LogP contribution < -0.4 is 11.1 Å². The summed E-state index contributed by atoms with van der Waals surface area (Å²) in [6.07, 6.45) is 5.30. The van der Waals surface area contributed by atoms with Gasteiger partial charge in [-0.05, 0) is 56.2 Å². The van der Waals surface area contributed by atoms with Crippen LogP contribution in [-0.2, 0) is 22.9 Å². The smallest absolute Gasteiger partial charge is 0.213 e. The average Bonchev–Trinajstić information content (AvgIpc) is 2.58. The van der Waals surface area contributed by atoms with Gasteiger partial charge in [-0.1, -0.05) is 12.1 Å². The summed E-state index contributed by atoms with van der Waals surface area (Å²) < 4.78 is 24.7. The van der Waals surface area contributed by atoms with Gasteiger partial charge in [-0.15, -0.1) is 24.0 Å². The summed E-state index contributed by atoms with van der Waals surface area (Å²) in [7, 11) is -1.52. The summed E-state index contributed by atoms with van der Waals surface area (Å²) in [6, 6.07) is 6.26. The summed E-state index contributed by atoms with van der Waals surface area (Å²) in [5.41, 5.74) is 9.75. The van der Waals surface area contributed by atoms with Gasteiger partial charge in [0.25, 0.3) is 0 Å². The molecule has 0 spiro atoms. The van der Waals surface area contributed by atoms with Crippen molar-refractivity contribution >= 4 is 45.6 Å². The highest BCUT2D eigenvalue weighted by atomic mass is 127. The summed E-state index contributed by atoms with van der Waals surface area (Å²) in [4.78, 5) is 4.31. The Morgan fingerprint density at radius 1 is 1.32 bits per heavy atom. The van der Waals surface area contributed by atoms with Gasteiger partial charge in [0, 0.05) is 25.8 Å². The van der Waals surface area contributed by atoms with Gasteiger partial charge in [0.15, 0.2) is 5.96 Å². The predicted octanol–water partition coefficient (Wildman–Crippen LogP) is 2.58. The van der Waals surface area contributed by atoms with E-state index in [-0.39, 0.29) is 29.7 Å². The highest BCUT2D eigenvalue weighted by molar-refractivity contribution is 14.0. The van der Waals surface area contributed by atoms with E-state index in [2.05, 4.69) is 16.4 Å². The van der Waals surface area contributed by atoms with Crippen molar-refractivity contribution in [2.75, 3.05) is 31.2 Å². The Bertz CT molecular complexity index is 692. The summed E-state index contributed by atoms with van der Waals surface area (Å²) in [5.74, 6) is 0.505. The lowest BCUT2D eigenvalue weighted by Gasteiger charge is -2.20. The third-order valence-electron chi connectivity index (χ3n) is 4.41. The van der Waals surface area contributed by atoms with Crippen molar-refractivity contribution in [1.29, 1.82) is 0 Å². The average molecular weight is 480 g/mol. The molecule has 0 saturated heterocycles. The van der Waals surface area contributed by atoms with Gasteiger partial charge in [0.05, 0.1) is 5.75 Å². The van der Waals surface area contributed by atoms with Crippen molar-refractivity contribution in [3.05, 3.63) is 29.3 Å². The van der Waals surface area contributed by atoms with Crippen LogP contribution in [0.25, 0.3) is 0 Å². The molecule has 3 N–H and O–H groups in total. The number of anilines is 1. The standard InChI is InChI=1S/C17H28N4O2S.HI/c1-3-24(22,23)21(2)13-7-12-19-17(18)20-16-11-6-9-14-8-4-5-10-15(14)16;/h6,9,11H,3-5,7-8,10,12-13H2,1-2H3,(H3,18,19,20);1H. The van der Waals surface area contributed by atoms with Crippen LogP contribution >= 0.6 is 24.0 Å². The zero-order valence-corrected chi connectivity index (χ0v) is 18.1. The Balaban J connectivity index is 0.00000312. The molecule has 1 aliphatic rings. The third-order valence-corrected chi connectivity index (χ3v) is 6.27. The van der Waals surface area contributed by atoms with Crippen LogP contribution in [0.1, 0.15) is 37.3 Å². The molecule has 1 aromatic carbocycles. The minimum atomic E-state index is -3.12. The molecule has 0 aliphatic heterocycles. The van der Waals surface area contributed by atoms with E-state index in [0.717, 1.165) is 18.5 Å². The Morgan fingerprint density at radius 3 is 2.76 bits per heavy atom. The zero-order chi connectivity index (χ0) is 17.6. The topological polar surface area (TPSA) is 87.8 Å². The molecule has 0 amide bonds.